The van der Waals surface area contributed by atoms with Gasteiger partial charge >= 0.3 is 6.03 Å². The van der Waals surface area contributed by atoms with Crippen molar-refractivity contribution in [2.75, 3.05) is 32.9 Å². The number of aryl methyl sites for hydroxylation is 1. The highest BCUT2D eigenvalue weighted by atomic mass is 16.2. The van der Waals surface area contributed by atoms with Crippen LogP contribution in [0.2, 0.25) is 0 Å². The maximum atomic E-state index is 13.2. The second-order valence-corrected chi connectivity index (χ2v) is 6.31. The first-order valence-electron chi connectivity index (χ1n) is 11.4. The fourth-order valence-corrected chi connectivity index (χ4v) is 2.91. The van der Waals surface area contributed by atoms with E-state index in [0.29, 0.717) is 9.80 Å². The number of rotatable bonds is 3. The second kappa shape index (κ2) is 7.34. The summed E-state index contributed by atoms with van der Waals surface area (Å²) >= 11 is 0. The van der Waals surface area contributed by atoms with E-state index in [1.54, 1.807) is 18.2 Å². The molecular formula is C20H21N5O4. The quantitative estimate of drug-likeness (QED) is 0.561. The minimum absolute atomic E-state index is 0.0828. The molecule has 9 heteroatoms. The summed E-state index contributed by atoms with van der Waals surface area (Å²) < 4.78 is 48.2. The van der Waals surface area contributed by atoms with Crippen molar-refractivity contribution in [1.29, 1.82) is 0 Å². The molecule has 1 aromatic carbocycles. The third kappa shape index (κ3) is 3.31. The molecule has 1 aliphatic rings. The molecule has 1 aromatic heterocycles. The molecule has 9 nitrogen and oxygen atoms in total. The van der Waals surface area contributed by atoms with E-state index in [0.717, 1.165) is 24.9 Å². The number of aromatic nitrogens is 2. The summed E-state index contributed by atoms with van der Waals surface area (Å²) in [5.74, 6) is -2.09. The van der Waals surface area contributed by atoms with Crippen molar-refractivity contribution >= 4 is 29.6 Å². The average molecular weight is 401 g/mol. The molecule has 29 heavy (non-hydrogen) atoms. The van der Waals surface area contributed by atoms with Crippen molar-refractivity contribution in [2.24, 2.45) is 7.05 Å². The van der Waals surface area contributed by atoms with Crippen molar-refractivity contribution in [2.45, 2.75) is 0 Å². The van der Waals surface area contributed by atoms with Gasteiger partial charge in [0.15, 0.2) is 0 Å². The zero-order valence-electron chi connectivity index (χ0n) is 21.8. The maximum Gasteiger partial charge on any atom is 0.333 e. The molecule has 4 amide bonds. The Balaban J connectivity index is 2.50. The molecule has 0 unspecified atom stereocenters. The molecule has 0 saturated carbocycles. The minimum atomic E-state index is -3.28. The van der Waals surface area contributed by atoms with Crippen molar-refractivity contribution < 1.29 is 22.6 Å². The molecule has 1 saturated heterocycles. The lowest BCUT2D eigenvalue weighted by Crippen LogP contribution is -2.53. The summed E-state index contributed by atoms with van der Waals surface area (Å²) in [6.45, 7) is -6.56. The van der Waals surface area contributed by atoms with Gasteiger partial charge in [-0.15, -0.1) is 0 Å². The Hall–Kier alpha value is -3.75. The highest BCUT2D eigenvalue weighted by Gasteiger charge is 2.38. The van der Waals surface area contributed by atoms with E-state index < -0.39 is 54.2 Å². The lowest BCUT2D eigenvalue weighted by molar-refractivity contribution is -0.134. The maximum absolute atomic E-state index is 13.2. The van der Waals surface area contributed by atoms with Gasteiger partial charge < -0.3 is 4.90 Å². The number of nitrogens with zero attached hydrogens (tertiary/aromatic N) is 5. The van der Waals surface area contributed by atoms with Gasteiger partial charge in [0.1, 0.15) is 11.3 Å². The Bertz CT molecular complexity index is 1260. The summed E-state index contributed by atoms with van der Waals surface area (Å²) in [4.78, 5) is 52.2. The third-order valence-corrected chi connectivity index (χ3v) is 4.46. The topological polar surface area (TPSA) is 95.8 Å². The van der Waals surface area contributed by atoms with Crippen LogP contribution in [0.15, 0.2) is 40.7 Å². The summed E-state index contributed by atoms with van der Waals surface area (Å²) in [6.07, 6.45) is 0.806. The van der Waals surface area contributed by atoms with E-state index in [1.807, 2.05) is 0 Å². The van der Waals surface area contributed by atoms with Crippen molar-refractivity contribution in [3.63, 3.8) is 0 Å². The smallest absolute Gasteiger partial charge is 0.333 e. The van der Waals surface area contributed by atoms with Crippen LogP contribution >= 0.6 is 0 Å². The molecule has 0 bridgehead atoms. The Morgan fingerprint density at radius 2 is 1.55 bits per heavy atom. The van der Waals surface area contributed by atoms with Crippen LogP contribution < -0.4 is 10.5 Å². The zero-order chi connectivity index (χ0) is 26.5. The first-order chi connectivity index (χ1) is 16.1. The number of hydrogen-bond acceptors (Lipinski definition) is 6. The third-order valence-electron chi connectivity index (χ3n) is 4.46. The molecule has 150 valence electrons. The van der Waals surface area contributed by atoms with Gasteiger partial charge in [-0.2, -0.15) is 5.10 Å². The van der Waals surface area contributed by atoms with Crippen molar-refractivity contribution in [3.05, 3.63) is 51.8 Å². The predicted octanol–water partition coefficient (Wildman–Crippen LogP) is 0.947. The summed E-state index contributed by atoms with van der Waals surface area (Å²) in [6, 6.07) is 7.02. The predicted molar refractivity (Wildman–Crippen MR) is 108 cm³/mol. The largest absolute Gasteiger partial charge is 0.375 e. The normalized spacial score (nSPS) is 18.4. The molecule has 1 aliphatic heterocycles. The Labute approximate surface area is 175 Å². The molecule has 0 atom stereocenters. The lowest BCUT2D eigenvalue weighted by atomic mass is 10.0. The first-order valence-corrected chi connectivity index (χ1v) is 8.36. The Kier molecular flexibility index (Phi) is 3.40. The van der Waals surface area contributed by atoms with Crippen LogP contribution in [0.25, 0.3) is 17.3 Å². The molecule has 0 aliphatic carbocycles. The molecule has 0 radical (unpaired) electrons. The minimum Gasteiger partial charge on any atom is -0.375 e. The summed E-state index contributed by atoms with van der Waals surface area (Å²) in [7, 11) is 3.50. The van der Waals surface area contributed by atoms with Gasteiger partial charge in [0, 0.05) is 48.9 Å². The number of urea groups is 1. The number of likely N-dealkylation sites (N-methyl/N-ethyl adjacent to an activating group) is 2. The van der Waals surface area contributed by atoms with E-state index in [4.69, 9.17) is 8.22 Å². The zero-order valence-corrected chi connectivity index (χ0v) is 15.8. The van der Waals surface area contributed by atoms with E-state index in [9.17, 15) is 19.2 Å². The molecule has 3 rings (SSSR count). The second-order valence-electron chi connectivity index (χ2n) is 6.31. The molecule has 2 aromatic rings. The first kappa shape index (κ1) is 13.4. The molecule has 0 N–H and O–H groups in total. The number of barbiturate groups is 1. The van der Waals surface area contributed by atoms with E-state index in [-0.39, 0.29) is 16.2 Å². The molecule has 1 fully saturated rings. The SMILES string of the molecule is [2H]C([2H])([2H])N(c1c(-c2ccccc2)nn(C)c(=O)c1C=C1C(=O)N(C)C(=O)N(C)C1=O)C([2H])([2H])[2H]. The van der Waals surface area contributed by atoms with Gasteiger partial charge in [0.05, 0.1) is 11.3 Å². The lowest BCUT2D eigenvalue weighted by Gasteiger charge is -2.29. The number of anilines is 1. The number of benzene rings is 1. The highest BCUT2D eigenvalue weighted by molar-refractivity contribution is 6.30. The van der Waals surface area contributed by atoms with Gasteiger partial charge in [0.2, 0.25) is 0 Å². The molecule has 2 heterocycles. The Morgan fingerprint density at radius 1 is 0.966 bits per heavy atom. The fraction of sp³-hybridized carbons (Fsp3) is 0.250. The molecular weight excluding hydrogens is 374 g/mol. The van der Waals surface area contributed by atoms with Crippen LogP contribution in [0.5, 0.6) is 0 Å². The number of hydrogen-bond donors (Lipinski definition) is 0. The van der Waals surface area contributed by atoms with E-state index in [1.165, 1.54) is 19.2 Å². The standard InChI is InChI=1S/C20H21N5O4/c1-22(2)16-13(11-14-17(26)23(3)20(29)24(4)18(14)27)19(28)25(5)21-15(16)12-9-7-6-8-10-12/h6-11H,1-5H3/i1D3,2D3. The average Bonchev–Trinajstić information content (AvgIpc) is 2.76. The number of amides is 4. The fourth-order valence-electron chi connectivity index (χ4n) is 2.91. The van der Waals surface area contributed by atoms with Crippen molar-refractivity contribution in [1.82, 2.24) is 19.6 Å². The van der Waals surface area contributed by atoms with Crippen LogP contribution in [0.3, 0.4) is 0 Å². The van der Waals surface area contributed by atoms with Gasteiger partial charge in [0.25, 0.3) is 17.4 Å². The van der Waals surface area contributed by atoms with Crippen LogP contribution in [-0.2, 0) is 16.6 Å². The van der Waals surface area contributed by atoms with Gasteiger partial charge in [-0.05, 0) is 6.08 Å². The van der Waals surface area contributed by atoms with E-state index >= 15 is 0 Å². The van der Waals surface area contributed by atoms with E-state index in [2.05, 4.69) is 5.10 Å². The molecule has 0 spiro atoms. The van der Waals surface area contributed by atoms with Crippen LogP contribution in [-0.4, -0.2) is 65.5 Å². The highest BCUT2D eigenvalue weighted by Crippen LogP contribution is 2.31. The van der Waals surface area contributed by atoms with Crippen molar-refractivity contribution in [3.8, 4) is 11.3 Å². The summed E-state index contributed by atoms with van der Waals surface area (Å²) in [5.41, 5.74) is -2.68. The monoisotopic (exact) mass is 401 g/mol. The number of carbonyl (C=O) groups is 3. The van der Waals surface area contributed by atoms with Gasteiger partial charge in [-0.25, -0.2) is 9.48 Å². The van der Waals surface area contributed by atoms with Crippen LogP contribution in [0.1, 0.15) is 13.8 Å². The number of imide groups is 2. The van der Waals surface area contributed by atoms with Gasteiger partial charge in [-0.1, -0.05) is 30.3 Å². The number of carbonyl (C=O) groups excluding carboxylic acids is 3. The van der Waals surface area contributed by atoms with Crippen LogP contribution in [0, 0.1) is 0 Å². The Morgan fingerprint density at radius 3 is 2.10 bits per heavy atom. The summed E-state index contributed by atoms with van der Waals surface area (Å²) in [5, 5.41) is 4.11. The van der Waals surface area contributed by atoms with Crippen LogP contribution in [0.4, 0.5) is 10.5 Å². The van der Waals surface area contributed by atoms with Gasteiger partial charge in [-0.3, -0.25) is 24.2 Å².